The first-order chi connectivity index (χ1) is 19.3. The van der Waals surface area contributed by atoms with Crippen LogP contribution in [0.5, 0.6) is 5.75 Å². The van der Waals surface area contributed by atoms with Gasteiger partial charge in [-0.05, 0) is 56.3 Å². The lowest BCUT2D eigenvalue weighted by Crippen LogP contribution is -2.50. The van der Waals surface area contributed by atoms with Gasteiger partial charge in [0.05, 0.1) is 34.5 Å². The summed E-state index contributed by atoms with van der Waals surface area (Å²) in [6.45, 7) is 5.30. The van der Waals surface area contributed by atoms with Crippen molar-refractivity contribution in [1.82, 2.24) is 9.21 Å². The first kappa shape index (κ1) is 30.5. The Morgan fingerprint density at radius 2 is 1.68 bits per heavy atom. The standard InChI is InChI=1S/C29H35N3O7S2/c1-20-10-13-24(14-11-20)40(35,36)30-23-12-15-27-26(16-23)29(34)32(22(3)19-33)17-21(2)28(39-27)18-31(4)41(37,38)25-8-6-5-7-9-25/h5-16,21-22,28,30,33H,17-19H2,1-4H3/t21-,22-,28+/m0/s1. The monoisotopic (exact) mass is 601 g/mol. The van der Waals surface area contributed by atoms with Crippen LogP contribution >= 0.6 is 0 Å². The summed E-state index contributed by atoms with van der Waals surface area (Å²) < 4.78 is 62.4. The molecule has 4 rings (SSSR count). The zero-order chi connectivity index (χ0) is 29.9. The normalized spacial score (nSPS) is 18.7. The minimum Gasteiger partial charge on any atom is -0.488 e. The zero-order valence-corrected chi connectivity index (χ0v) is 25.0. The summed E-state index contributed by atoms with van der Waals surface area (Å²) in [6.07, 6.45) is -0.658. The summed E-state index contributed by atoms with van der Waals surface area (Å²) in [5, 5.41) is 9.89. The number of fused-ring (bicyclic) bond motifs is 1. The lowest BCUT2D eigenvalue weighted by atomic mass is 9.99. The fourth-order valence-corrected chi connectivity index (χ4v) is 6.81. The predicted octanol–water partition coefficient (Wildman–Crippen LogP) is 3.34. The molecule has 3 aromatic rings. The summed E-state index contributed by atoms with van der Waals surface area (Å²) in [7, 11) is -6.27. The molecule has 1 aliphatic heterocycles. The third-order valence-electron chi connectivity index (χ3n) is 7.14. The third kappa shape index (κ3) is 6.72. The van der Waals surface area contributed by atoms with E-state index in [1.54, 1.807) is 37.3 Å². The SMILES string of the molecule is Cc1ccc(S(=O)(=O)Nc2ccc3c(c2)C(=O)N([C@@H](C)CO)C[C@H](C)[C@@H](CN(C)S(=O)(=O)c2ccccc2)O3)cc1. The van der Waals surface area contributed by atoms with E-state index in [9.17, 15) is 26.7 Å². The molecule has 0 spiro atoms. The number of nitrogens with zero attached hydrogens (tertiary/aromatic N) is 2. The number of sulfonamides is 2. The van der Waals surface area contributed by atoms with Crippen molar-refractivity contribution >= 4 is 31.6 Å². The van der Waals surface area contributed by atoms with Gasteiger partial charge in [0.25, 0.3) is 15.9 Å². The Morgan fingerprint density at radius 1 is 1.02 bits per heavy atom. The molecule has 1 heterocycles. The molecule has 0 saturated heterocycles. The molecular formula is C29H35N3O7S2. The summed E-state index contributed by atoms with van der Waals surface area (Å²) in [4.78, 5) is 15.4. The second-order valence-electron chi connectivity index (χ2n) is 10.4. The highest BCUT2D eigenvalue weighted by atomic mass is 32.2. The highest BCUT2D eigenvalue weighted by Gasteiger charge is 2.35. The van der Waals surface area contributed by atoms with E-state index in [0.29, 0.717) is 0 Å². The molecule has 0 radical (unpaired) electrons. The van der Waals surface area contributed by atoms with Gasteiger partial charge in [0.2, 0.25) is 10.0 Å². The molecule has 1 aliphatic rings. The number of nitrogens with one attached hydrogen (secondary N) is 1. The molecule has 0 aromatic heterocycles. The lowest BCUT2D eigenvalue weighted by Gasteiger charge is -2.38. The number of amides is 1. The molecule has 2 N–H and O–H groups in total. The average molecular weight is 602 g/mol. The van der Waals surface area contributed by atoms with Gasteiger partial charge in [-0.2, -0.15) is 4.31 Å². The van der Waals surface area contributed by atoms with Crippen LogP contribution in [0.2, 0.25) is 0 Å². The fraction of sp³-hybridized carbons (Fsp3) is 0.345. The maximum atomic E-state index is 13.7. The first-order valence-corrected chi connectivity index (χ1v) is 16.1. The van der Waals surface area contributed by atoms with Gasteiger partial charge < -0.3 is 14.7 Å². The molecule has 0 bridgehead atoms. The van der Waals surface area contributed by atoms with Crippen molar-refractivity contribution in [2.45, 2.75) is 42.7 Å². The van der Waals surface area contributed by atoms with Gasteiger partial charge >= 0.3 is 0 Å². The Hall–Kier alpha value is -3.45. The number of anilines is 1. The van der Waals surface area contributed by atoms with E-state index in [4.69, 9.17) is 4.74 Å². The van der Waals surface area contributed by atoms with Gasteiger partial charge in [0.1, 0.15) is 11.9 Å². The minimum atomic E-state index is -3.93. The van der Waals surface area contributed by atoms with E-state index in [1.165, 1.54) is 58.7 Å². The molecule has 0 unspecified atom stereocenters. The van der Waals surface area contributed by atoms with Crippen LogP contribution in [0.25, 0.3) is 0 Å². The van der Waals surface area contributed by atoms with E-state index >= 15 is 0 Å². The molecule has 12 heteroatoms. The van der Waals surface area contributed by atoms with Crippen molar-refractivity contribution in [2.75, 3.05) is 31.5 Å². The van der Waals surface area contributed by atoms with Crippen LogP contribution in [0.1, 0.15) is 29.8 Å². The molecule has 0 fully saturated rings. The second-order valence-corrected chi connectivity index (χ2v) is 14.1. The topological polar surface area (TPSA) is 133 Å². The summed E-state index contributed by atoms with van der Waals surface area (Å²) in [5.41, 5.74) is 1.17. The average Bonchev–Trinajstić information content (AvgIpc) is 2.95. The lowest BCUT2D eigenvalue weighted by molar-refractivity contribution is 0.0387. The van der Waals surface area contributed by atoms with Gasteiger partial charge in [0, 0.05) is 25.2 Å². The number of benzene rings is 3. The van der Waals surface area contributed by atoms with Crippen molar-refractivity contribution in [3.8, 4) is 5.75 Å². The smallest absolute Gasteiger partial charge is 0.261 e. The molecule has 220 valence electrons. The van der Waals surface area contributed by atoms with Gasteiger partial charge in [0.15, 0.2) is 0 Å². The van der Waals surface area contributed by atoms with Crippen LogP contribution in [0.4, 0.5) is 5.69 Å². The molecular weight excluding hydrogens is 566 g/mol. The second kappa shape index (κ2) is 12.2. The number of rotatable bonds is 9. The maximum absolute atomic E-state index is 13.7. The number of carbonyl (C=O) groups excluding carboxylic acids is 1. The number of ether oxygens (including phenoxy) is 1. The van der Waals surface area contributed by atoms with Crippen molar-refractivity contribution in [3.05, 3.63) is 83.9 Å². The molecule has 3 atom stereocenters. The number of hydrogen-bond donors (Lipinski definition) is 2. The Morgan fingerprint density at radius 3 is 2.32 bits per heavy atom. The molecule has 3 aromatic carbocycles. The van der Waals surface area contributed by atoms with Crippen LogP contribution < -0.4 is 9.46 Å². The molecule has 0 saturated carbocycles. The van der Waals surface area contributed by atoms with Crippen LogP contribution in [-0.2, 0) is 20.0 Å². The van der Waals surface area contributed by atoms with E-state index < -0.39 is 38.1 Å². The number of hydrogen-bond acceptors (Lipinski definition) is 7. The number of aliphatic hydroxyl groups excluding tert-OH is 1. The quantitative estimate of drug-likeness (QED) is 0.384. The molecule has 0 aliphatic carbocycles. The van der Waals surface area contributed by atoms with Crippen LogP contribution in [0, 0.1) is 12.8 Å². The van der Waals surface area contributed by atoms with Gasteiger partial charge in [-0.15, -0.1) is 0 Å². The summed E-state index contributed by atoms with van der Waals surface area (Å²) >= 11 is 0. The van der Waals surface area contributed by atoms with Crippen molar-refractivity contribution < 1.29 is 31.5 Å². The highest BCUT2D eigenvalue weighted by molar-refractivity contribution is 7.92. The Balaban J connectivity index is 1.68. The maximum Gasteiger partial charge on any atom is 0.261 e. The van der Waals surface area contributed by atoms with E-state index in [0.717, 1.165) is 5.56 Å². The molecule has 1 amide bonds. The number of likely N-dealkylation sites (N-methyl/N-ethyl adjacent to an activating group) is 1. The summed E-state index contributed by atoms with van der Waals surface area (Å²) in [6, 6.07) is 18.3. The number of aliphatic hydroxyl groups is 1. The van der Waals surface area contributed by atoms with Crippen LogP contribution in [-0.4, -0.2) is 75.9 Å². The van der Waals surface area contributed by atoms with Crippen molar-refractivity contribution in [3.63, 3.8) is 0 Å². The van der Waals surface area contributed by atoms with Crippen LogP contribution in [0.3, 0.4) is 0 Å². The Kier molecular flexibility index (Phi) is 9.07. The van der Waals surface area contributed by atoms with Gasteiger partial charge in [-0.1, -0.05) is 42.8 Å². The van der Waals surface area contributed by atoms with Crippen LogP contribution in [0.15, 0.2) is 82.6 Å². The van der Waals surface area contributed by atoms with E-state index in [2.05, 4.69) is 4.72 Å². The van der Waals surface area contributed by atoms with Crippen molar-refractivity contribution in [1.29, 1.82) is 0 Å². The number of carbonyl (C=O) groups is 1. The third-order valence-corrected chi connectivity index (χ3v) is 10.4. The van der Waals surface area contributed by atoms with E-state index in [1.807, 2.05) is 13.8 Å². The predicted molar refractivity (Wildman–Crippen MR) is 156 cm³/mol. The fourth-order valence-electron chi connectivity index (χ4n) is 4.56. The highest BCUT2D eigenvalue weighted by Crippen LogP contribution is 2.32. The van der Waals surface area contributed by atoms with Gasteiger partial charge in [-0.25, -0.2) is 16.8 Å². The Bertz CT molecular complexity index is 1600. The number of aryl methyl sites for hydroxylation is 1. The largest absolute Gasteiger partial charge is 0.488 e. The molecule has 10 nitrogen and oxygen atoms in total. The first-order valence-electron chi connectivity index (χ1n) is 13.2. The molecule has 41 heavy (non-hydrogen) atoms. The van der Waals surface area contributed by atoms with Gasteiger partial charge in [-0.3, -0.25) is 9.52 Å². The minimum absolute atomic E-state index is 0.00479. The van der Waals surface area contributed by atoms with Crippen molar-refractivity contribution in [2.24, 2.45) is 5.92 Å². The van der Waals surface area contributed by atoms with E-state index in [-0.39, 0.29) is 52.4 Å². The zero-order valence-electron chi connectivity index (χ0n) is 23.4. The summed E-state index contributed by atoms with van der Waals surface area (Å²) in [5.74, 6) is -0.562. The Labute approximate surface area is 241 Å².